The molecule has 126 valence electrons. The standard InChI is InChI=1S/C16H28O4SSi/c1-13-8-10-15(11-9-13)21(17,18)19-12-14(2)20-22(6,7)16(3,4)5/h8-11,14H,12H2,1-7H3/t14-/m0/s1. The van der Waals surface area contributed by atoms with Crippen molar-refractivity contribution in [1.29, 1.82) is 0 Å². The van der Waals surface area contributed by atoms with Crippen molar-refractivity contribution < 1.29 is 17.0 Å². The van der Waals surface area contributed by atoms with Gasteiger partial charge in [-0.2, -0.15) is 8.42 Å². The predicted molar refractivity (Wildman–Crippen MR) is 92.1 cm³/mol. The second kappa shape index (κ2) is 6.82. The van der Waals surface area contributed by atoms with Gasteiger partial charge in [0.25, 0.3) is 10.1 Å². The molecule has 0 aliphatic rings. The summed E-state index contributed by atoms with van der Waals surface area (Å²) in [4.78, 5) is 0.178. The highest BCUT2D eigenvalue weighted by Gasteiger charge is 2.38. The minimum atomic E-state index is -3.73. The van der Waals surface area contributed by atoms with Gasteiger partial charge in [0.2, 0.25) is 0 Å². The fraction of sp³-hybridized carbons (Fsp3) is 0.625. The monoisotopic (exact) mass is 344 g/mol. The van der Waals surface area contributed by atoms with Gasteiger partial charge in [0, 0.05) is 0 Å². The normalized spacial score (nSPS) is 14.9. The van der Waals surface area contributed by atoms with E-state index in [0.717, 1.165) is 5.56 Å². The molecule has 1 rings (SSSR count). The van der Waals surface area contributed by atoms with Crippen LogP contribution in [0.2, 0.25) is 18.1 Å². The molecule has 1 aromatic carbocycles. The third kappa shape index (κ3) is 5.19. The second-order valence-corrected chi connectivity index (χ2v) is 13.6. The molecule has 0 fully saturated rings. The van der Waals surface area contributed by atoms with E-state index in [4.69, 9.17) is 8.61 Å². The Bertz CT molecular complexity index is 586. The van der Waals surface area contributed by atoms with Crippen molar-refractivity contribution in [2.75, 3.05) is 6.61 Å². The maximum atomic E-state index is 12.1. The van der Waals surface area contributed by atoms with Gasteiger partial charge in [-0.25, -0.2) is 0 Å². The largest absolute Gasteiger partial charge is 0.412 e. The maximum Gasteiger partial charge on any atom is 0.297 e. The molecule has 4 nitrogen and oxygen atoms in total. The van der Waals surface area contributed by atoms with Crippen LogP contribution in [-0.2, 0) is 18.7 Å². The van der Waals surface area contributed by atoms with Gasteiger partial charge in [-0.05, 0) is 44.1 Å². The molecule has 0 radical (unpaired) electrons. The van der Waals surface area contributed by atoms with Crippen molar-refractivity contribution in [2.45, 2.75) is 63.8 Å². The Morgan fingerprint density at radius 2 is 1.64 bits per heavy atom. The Labute approximate surface area is 136 Å². The van der Waals surface area contributed by atoms with E-state index >= 15 is 0 Å². The average Bonchev–Trinajstić information content (AvgIpc) is 2.35. The van der Waals surface area contributed by atoms with Crippen LogP contribution in [0.5, 0.6) is 0 Å². The lowest BCUT2D eigenvalue weighted by atomic mass is 10.2. The van der Waals surface area contributed by atoms with Crippen LogP contribution >= 0.6 is 0 Å². The van der Waals surface area contributed by atoms with Gasteiger partial charge in [-0.3, -0.25) is 4.18 Å². The lowest BCUT2D eigenvalue weighted by Crippen LogP contribution is -2.44. The molecule has 0 unspecified atom stereocenters. The van der Waals surface area contributed by atoms with Gasteiger partial charge in [0.15, 0.2) is 8.32 Å². The molecule has 0 saturated carbocycles. The molecule has 22 heavy (non-hydrogen) atoms. The molecule has 0 N–H and O–H groups in total. The van der Waals surface area contributed by atoms with E-state index < -0.39 is 18.4 Å². The third-order valence-electron chi connectivity index (χ3n) is 4.07. The first-order valence-electron chi connectivity index (χ1n) is 7.49. The summed E-state index contributed by atoms with van der Waals surface area (Å²) in [6, 6.07) is 6.63. The summed E-state index contributed by atoms with van der Waals surface area (Å²) in [5.41, 5.74) is 1.01. The Morgan fingerprint density at radius 3 is 2.09 bits per heavy atom. The Kier molecular flexibility index (Phi) is 6.00. The molecular weight excluding hydrogens is 316 g/mol. The highest BCUT2D eigenvalue weighted by molar-refractivity contribution is 7.86. The lowest BCUT2D eigenvalue weighted by molar-refractivity contribution is 0.132. The molecule has 0 spiro atoms. The molecule has 0 heterocycles. The van der Waals surface area contributed by atoms with E-state index in [1.807, 2.05) is 13.8 Å². The second-order valence-electron chi connectivity index (χ2n) is 7.24. The van der Waals surface area contributed by atoms with E-state index in [2.05, 4.69) is 33.9 Å². The average molecular weight is 345 g/mol. The molecule has 0 aliphatic carbocycles. The minimum absolute atomic E-state index is 0.0305. The Hall–Kier alpha value is -0.693. The molecule has 1 atom stereocenters. The van der Waals surface area contributed by atoms with E-state index in [1.165, 1.54) is 0 Å². The number of hydrogen-bond donors (Lipinski definition) is 0. The van der Waals surface area contributed by atoms with Crippen molar-refractivity contribution >= 4 is 18.4 Å². The quantitative estimate of drug-likeness (QED) is 0.575. The zero-order valence-corrected chi connectivity index (χ0v) is 16.5. The highest BCUT2D eigenvalue weighted by atomic mass is 32.2. The predicted octanol–water partition coefficient (Wildman–Crippen LogP) is 4.11. The summed E-state index contributed by atoms with van der Waals surface area (Å²) < 4.78 is 35.5. The fourth-order valence-corrected chi connectivity index (χ4v) is 4.08. The molecule has 0 bridgehead atoms. The number of hydrogen-bond acceptors (Lipinski definition) is 4. The van der Waals surface area contributed by atoms with Crippen LogP contribution in [0, 0.1) is 6.92 Å². The number of benzene rings is 1. The topological polar surface area (TPSA) is 52.6 Å². The maximum absolute atomic E-state index is 12.1. The van der Waals surface area contributed by atoms with Gasteiger partial charge in [0.05, 0.1) is 17.6 Å². The Balaban J connectivity index is 2.67. The van der Waals surface area contributed by atoms with Crippen molar-refractivity contribution in [3.63, 3.8) is 0 Å². The van der Waals surface area contributed by atoms with Crippen LogP contribution in [0.3, 0.4) is 0 Å². The summed E-state index contributed by atoms with van der Waals surface area (Å²) in [5, 5.41) is 0.0804. The van der Waals surface area contributed by atoms with Gasteiger partial charge in [-0.15, -0.1) is 0 Å². The zero-order chi connectivity index (χ0) is 17.2. The van der Waals surface area contributed by atoms with Crippen LogP contribution in [0.1, 0.15) is 33.3 Å². The van der Waals surface area contributed by atoms with E-state index in [-0.39, 0.29) is 22.6 Å². The van der Waals surface area contributed by atoms with Gasteiger partial charge in [0.1, 0.15) is 0 Å². The van der Waals surface area contributed by atoms with Crippen LogP contribution in [0.15, 0.2) is 29.2 Å². The van der Waals surface area contributed by atoms with E-state index in [1.54, 1.807) is 24.3 Å². The molecule has 0 amide bonds. The Morgan fingerprint density at radius 1 is 1.14 bits per heavy atom. The van der Waals surface area contributed by atoms with Crippen LogP contribution in [0.25, 0.3) is 0 Å². The van der Waals surface area contributed by atoms with Crippen LogP contribution in [0.4, 0.5) is 0 Å². The molecule has 0 aromatic heterocycles. The molecule has 0 saturated heterocycles. The number of aryl methyl sites for hydroxylation is 1. The summed E-state index contributed by atoms with van der Waals surface area (Å²) in [6.45, 7) is 14.5. The van der Waals surface area contributed by atoms with Crippen LogP contribution in [-0.4, -0.2) is 29.4 Å². The molecule has 6 heteroatoms. The van der Waals surface area contributed by atoms with Gasteiger partial charge >= 0.3 is 0 Å². The van der Waals surface area contributed by atoms with E-state index in [0.29, 0.717) is 0 Å². The smallest absolute Gasteiger partial charge is 0.297 e. The highest BCUT2D eigenvalue weighted by Crippen LogP contribution is 2.37. The minimum Gasteiger partial charge on any atom is -0.412 e. The molecular formula is C16H28O4SSi. The third-order valence-corrected chi connectivity index (χ3v) is 9.97. The van der Waals surface area contributed by atoms with Gasteiger partial charge < -0.3 is 4.43 Å². The summed E-state index contributed by atoms with van der Waals surface area (Å²) in [5.74, 6) is 0. The molecule has 1 aromatic rings. The number of rotatable bonds is 6. The van der Waals surface area contributed by atoms with Crippen LogP contribution < -0.4 is 0 Å². The zero-order valence-electron chi connectivity index (χ0n) is 14.6. The fourth-order valence-electron chi connectivity index (χ4n) is 1.67. The SMILES string of the molecule is Cc1ccc(S(=O)(=O)OC[C@H](C)O[Si](C)(C)C(C)(C)C)cc1. The summed E-state index contributed by atoms with van der Waals surface area (Å²) in [6.07, 6.45) is -0.263. The van der Waals surface area contributed by atoms with Crippen molar-refractivity contribution in [3.8, 4) is 0 Å². The molecule has 0 aliphatic heterocycles. The first kappa shape index (κ1) is 19.4. The van der Waals surface area contributed by atoms with Gasteiger partial charge in [-0.1, -0.05) is 38.5 Å². The first-order chi connectivity index (χ1) is 9.85. The lowest BCUT2D eigenvalue weighted by Gasteiger charge is -2.38. The summed E-state index contributed by atoms with van der Waals surface area (Å²) >= 11 is 0. The van der Waals surface area contributed by atoms with Crippen molar-refractivity contribution in [2.24, 2.45) is 0 Å². The van der Waals surface area contributed by atoms with E-state index in [9.17, 15) is 8.42 Å². The first-order valence-corrected chi connectivity index (χ1v) is 11.8. The van der Waals surface area contributed by atoms with Crippen molar-refractivity contribution in [1.82, 2.24) is 0 Å². The van der Waals surface area contributed by atoms with Crippen molar-refractivity contribution in [3.05, 3.63) is 29.8 Å². The summed E-state index contributed by atoms with van der Waals surface area (Å²) in [7, 11) is -5.65.